The van der Waals surface area contributed by atoms with Crippen molar-refractivity contribution in [2.45, 2.75) is 19.4 Å². The molecule has 0 aliphatic heterocycles. The number of carbonyl (C=O) groups excluding carboxylic acids is 3. The number of carbonyl (C=O) groups is 3. The van der Waals surface area contributed by atoms with Gasteiger partial charge in [0.05, 0.1) is 34.5 Å². The third-order valence-electron chi connectivity index (χ3n) is 4.79. The van der Waals surface area contributed by atoms with Crippen LogP contribution in [0.25, 0.3) is 0 Å². The number of hydrogen-bond acceptors (Lipinski definition) is 8. The Kier molecular flexibility index (Phi) is 9.33. The van der Waals surface area contributed by atoms with Crippen molar-refractivity contribution in [1.82, 2.24) is 10.6 Å². The number of thiophene rings is 1. The highest BCUT2D eigenvalue weighted by Crippen LogP contribution is 2.38. The second kappa shape index (κ2) is 11.9. The average molecular weight is 465 g/mol. The summed E-state index contributed by atoms with van der Waals surface area (Å²) < 4.78 is 20.8. The second-order valence-corrected chi connectivity index (χ2v) is 7.77. The smallest absolute Gasteiger partial charge is 0.318 e. The number of amides is 2. The number of methoxy groups -OCH3 is 4. The van der Waals surface area contributed by atoms with E-state index in [0.717, 1.165) is 5.56 Å². The van der Waals surface area contributed by atoms with Crippen LogP contribution in [0.5, 0.6) is 17.2 Å². The summed E-state index contributed by atoms with van der Waals surface area (Å²) in [6.45, 7) is 1.59. The first-order valence-corrected chi connectivity index (χ1v) is 10.7. The van der Waals surface area contributed by atoms with Crippen LogP contribution in [0.1, 0.15) is 23.4 Å². The summed E-state index contributed by atoms with van der Waals surface area (Å²) in [6, 6.07) is 5.80. The number of benzene rings is 1. The van der Waals surface area contributed by atoms with E-state index in [4.69, 9.17) is 18.9 Å². The lowest BCUT2D eigenvalue weighted by Crippen LogP contribution is -2.44. The lowest BCUT2D eigenvalue weighted by molar-refractivity contribution is -0.150. The fourth-order valence-corrected chi connectivity index (χ4v) is 4.06. The minimum atomic E-state index is -1.14. The molecule has 0 fully saturated rings. The number of ketones is 1. The number of hydrogen-bond donors (Lipinski definition) is 2. The van der Waals surface area contributed by atoms with Crippen molar-refractivity contribution in [1.29, 1.82) is 0 Å². The number of Topliss-reactive ketones (excluding diaryl/α,β-unsaturated/α-hetero) is 1. The Hall–Kier alpha value is -3.27. The van der Waals surface area contributed by atoms with Crippen molar-refractivity contribution in [3.05, 3.63) is 40.1 Å². The quantitative estimate of drug-likeness (QED) is 0.388. The van der Waals surface area contributed by atoms with Crippen LogP contribution in [0.3, 0.4) is 0 Å². The number of urea groups is 1. The van der Waals surface area contributed by atoms with Crippen LogP contribution in [0.2, 0.25) is 0 Å². The highest BCUT2D eigenvalue weighted by molar-refractivity contribution is 7.10. The summed E-state index contributed by atoms with van der Waals surface area (Å²) in [6.07, 6.45) is 0.487. The average Bonchev–Trinajstić information content (AvgIpc) is 3.32. The molecule has 2 atom stereocenters. The zero-order valence-electron chi connectivity index (χ0n) is 18.7. The molecule has 1 aromatic carbocycles. The van der Waals surface area contributed by atoms with E-state index in [1.165, 1.54) is 46.7 Å². The third-order valence-corrected chi connectivity index (χ3v) is 5.74. The molecular weight excluding hydrogens is 436 g/mol. The van der Waals surface area contributed by atoms with Gasteiger partial charge in [-0.15, -0.1) is 11.3 Å². The normalized spacial score (nSPS) is 12.3. The van der Waals surface area contributed by atoms with Gasteiger partial charge in [-0.2, -0.15) is 0 Å². The molecule has 0 spiro atoms. The van der Waals surface area contributed by atoms with Crippen LogP contribution >= 0.6 is 11.3 Å². The molecule has 10 heteroatoms. The number of rotatable bonds is 11. The topological polar surface area (TPSA) is 112 Å². The summed E-state index contributed by atoms with van der Waals surface area (Å²) in [5, 5.41) is 7.30. The minimum absolute atomic E-state index is 0.296. The molecule has 1 unspecified atom stereocenters. The van der Waals surface area contributed by atoms with E-state index >= 15 is 0 Å². The summed E-state index contributed by atoms with van der Waals surface area (Å²) in [7, 11) is 5.80. The first-order valence-electron chi connectivity index (χ1n) is 9.81. The van der Waals surface area contributed by atoms with Crippen LogP contribution in [0.15, 0.2) is 29.6 Å². The Labute approximate surface area is 191 Å². The lowest BCUT2D eigenvalue weighted by atomic mass is 9.94. The molecule has 0 bridgehead atoms. The van der Waals surface area contributed by atoms with Gasteiger partial charge in [-0.25, -0.2) is 4.79 Å². The molecule has 2 aromatic rings. The highest BCUT2D eigenvalue weighted by atomic mass is 32.1. The summed E-state index contributed by atoms with van der Waals surface area (Å²) in [5.74, 6) is -0.708. The molecule has 1 aromatic heterocycles. The molecule has 0 saturated heterocycles. The van der Waals surface area contributed by atoms with Crippen molar-refractivity contribution >= 4 is 29.1 Å². The molecule has 2 amide bonds. The molecule has 174 valence electrons. The maximum Gasteiger partial charge on any atom is 0.318 e. The van der Waals surface area contributed by atoms with Gasteiger partial charge in [-0.3, -0.25) is 9.59 Å². The summed E-state index contributed by atoms with van der Waals surface area (Å²) in [5.41, 5.74) is 0.866. The van der Waals surface area contributed by atoms with Crippen molar-refractivity contribution in [3.8, 4) is 17.2 Å². The molecule has 0 radical (unpaired) electrons. The number of esters is 1. The van der Waals surface area contributed by atoms with E-state index in [2.05, 4.69) is 10.6 Å². The zero-order chi connectivity index (χ0) is 23.7. The predicted molar refractivity (Wildman–Crippen MR) is 120 cm³/mol. The Morgan fingerprint density at radius 2 is 1.69 bits per heavy atom. The molecule has 0 saturated carbocycles. The van der Waals surface area contributed by atoms with Gasteiger partial charge in [0, 0.05) is 11.4 Å². The molecule has 1 heterocycles. The van der Waals surface area contributed by atoms with Gasteiger partial charge in [0.1, 0.15) is 11.7 Å². The number of ether oxygens (including phenoxy) is 4. The SMILES string of the molecule is COC(=O)C(C(C)=O)[C@@H](NC(=O)NCCc1cc(OC)c(OC)c(OC)c1)c1cccs1. The standard InChI is InChI=1S/C22H28N2O7S/c1-13(25)18(21(26)31-5)19(17-7-6-10-32-17)24-22(27)23-9-8-14-11-15(28-2)20(30-4)16(12-14)29-3/h6-7,10-12,18-19H,8-9H2,1-5H3,(H2,23,24,27)/t18?,19-/m0/s1. The van der Waals surface area contributed by atoms with Gasteiger partial charge >= 0.3 is 12.0 Å². The van der Waals surface area contributed by atoms with Gasteiger partial charge in [0.25, 0.3) is 0 Å². The van der Waals surface area contributed by atoms with E-state index < -0.39 is 29.7 Å². The third kappa shape index (κ3) is 6.13. The van der Waals surface area contributed by atoms with E-state index in [1.807, 2.05) is 0 Å². The molecule has 2 N–H and O–H groups in total. The molecule has 9 nitrogen and oxygen atoms in total. The molecule has 0 aliphatic rings. The fraction of sp³-hybridized carbons (Fsp3) is 0.409. The Balaban J connectivity index is 2.08. The lowest BCUT2D eigenvalue weighted by Gasteiger charge is -2.23. The van der Waals surface area contributed by atoms with Gasteiger partial charge in [0.15, 0.2) is 11.5 Å². The van der Waals surface area contributed by atoms with E-state index in [-0.39, 0.29) is 0 Å². The Morgan fingerprint density at radius 1 is 1.03 bits per heavy atom. The van der Waals surface area contributed by atoms with Crippen molar-refractivity contribution < 1.29 is 33.3 Å². The minimum Gasteiger partial charge on any atom is -0.493 e. The number of nitrogens with one attached hydrogen (secondary N) is 2. The fourth-order valence-electron chi connectivity index (χ4n) is 3.24. The van der Waals surface area contributed by atoms with Crippen LogP contribution in [0, 0.1) is 5.92 Å². The van der Waals surface area contributed by atoms with Gasteiger partial charge in [-0.05, 0) is 42.5 Å². The zero-order valence-corrected chi connectivity index (χ0v) is 19.5. The predicted octanol–water partition coefficient (Wildman–Crippen LogP) is 2.74. The molecule has 32 heavy (non-hydrogen) atoms. The van der Waals surface area contributed by atoms with Crippen molar-refractivity contribution in [2.24, 2.45) is 5.92 Å². The van der Waals surface area contributed by atoms with Crippen LogP contribution < -0.4 is 24.8 Å². The van der Waals surface area contributed by atoms with Gasteiger partial charge in [-0.1, -0.05) is 6.07 Å². The van der Waals surface area contributed by atoms with Crippen molar-refractivity contribution in [2.75, 3.05) is 35.0 Å². The summed E-state index contributed by atoms with van der Waals surface area (Å²) in [4.78, 5) is 37.6. The maximum absolute atomic E-state index is 12.6. The summed E-state index contributed by atoms with van der Waals surface area (Å²) >= 11 is 1.34. The monoisotopic (exact) mass is 464 g/mol. The van der Waals surface area contributed by atoms with E-state index in [0.29, 0.717) is 35.1 Å². The first-order chi connectivity index (χ1) is 15.4. The maximum atomic E-state index is 12.6. The molecule has 0 aliphatic carbocycles. The molecular formula is C22H28N2O7S. The first kappa shape index (κ1) is 25.0. The van der Waals surface area contributed by atoms with Crippen LogP contribution in [-0.4, -0.2) is 52.8 Å². The van der Waals surface area contributed by atoms with Crippen LogP contribution in [0.4, 0.5) is 4.79 Å². The largest absolute Gasteiger partial charge is 0.493 e. The van der Waals surface area contributed by atoms with E-state index in [1.54, 1.807) is 29.6 Å². The highest BCUT2D eigenvalue weighted by Gasteiger charge is 2.36. The van der Waals surface area contributed by atoms with Crippen molar-refractivity contribution in [3.63, 3.8) is 0 Å². The molecule has 2 rings (SSSR count). The van der Waals surface area contributed by atoms with Crippen LogP contribution in [-0.2, 0) is 20.7 Å². The van der Waals surface area contributed by atoms with Gasteiger partial charge < -0.3 is 29.6 Å². The van der Waals surface area contributed by atoms with E-state index in [9.17, 15) is 14.4 Å². The van der Waals surface area contributed by atoms with Gasteiger partial charge in [0.2, 0.25) is 5.75 Å². The Bertz CT molecular complexity index is 905. The Morgan fingerprint density at radius 3 is 2.16 bits per heavy atom. The second-order valence-electron chi connectivity index (χ2n) is 6.79.